The largest absolute Gasteiger partial charge is 0.360 e. The van der Waals surface area contributed by atoms with E-state index in [1.165, 1.54) is 0 Å². The van der Waals surface area contributed by atoms with Crippen LogP contribution in [0.5, 0.6) is 0 Å². The van der Waals surface area contributed by atoms with Gasteiger partial charge >= 0.3 is 0 Å². The Kier molecular flexibility index (Phi) is 4.37. The molecule has 146 valence electrons. The van der Waals surface area contributed by atoms with Crippen molar-refractivity contribution in [2.75, 3.05) is 13.6 Å². The second-order valence-electron chi connectivity index (χ2n) is 7.97. The molecule has 2 amide bonds. The van der Waals surface area contributed by atoms with E-state index in [0.717, 1.165) is 18.5 Å². The van der Waals surface area contributed by atoms with Crippen molar-refractivity contribution in [1.29, 1.82) is 0 Å². The zero-order valence-corrected chi connectivity index (χ0v) is 16.3. The standard InChI is InChI=1S/C20H27N3O4/c1-5-13(6-2)23-11-20-8-7-15(26-20)16(17(20)19(23)25)18(24)22(4)10-14-9-12(3)21-27-14/h7-9,13,15-17H,5-6,10-11H2,1-4H3/t15-,16+,17-,20-/m0/s1. The van der Waals surface area contributed by atoms with E-state index in [2.05, 4.69) is 19.0 Å². The van der Waals surface area contributed by atoms with Crippen LogP contribution >= 0.6 is 0 Å². The van der Waals surface area contributed by atoms with Crippen molar-refractivity contribution in [3.63, 3.8) is 0 Å². The summed E-state index contributed by atoms with van der Waals surface area (Å²) in [5, 5.41) is 3.87. The maximum absolute atomic E-state index is 13.2. The van der Waals surface area contributed by atoms with Crippen molar-refractivity contribution in [2.45, 2.75) is 57.9 Å². The van der Waals surface area contributed by atoms with Crippen LogP contribution in [-0.4, -0.2) is 58.1 Å². The van der Waals surface area contributed by atoms with Crippen molar-refractivity contribution in [3.8, 4) is 0 Å². The van der Waals surface area contributed by atoms with Crippen molar-refractivity contribution >= 4 is 11.8 Å². The highest BCUT2D eigenvalue weighted by Crippen LogP contribution is 2.52. The van der Waals surface area contributed by atoms with Gasteiger partial charge in [-0.15, -0.1) is 0 Å². The highest BCUT2D eigenvalue weighted by Gasteiger charge is 2.67. The Labute approximate surface area is 159 Å². The molecule has 2 saturated heterocycles. The van der Waals surface area contributed by atoms with Gasteiger partial charge in [-0.1, -0.05) is 31.2 Å². The van der Waals surface area contributed by atoms with Crippen LogP contribution in [0.2, 0.25) is 0 Å². The molecule has 0 unspecified atom stereocenters. The maximum atomic E-state index is 13.2. The van der Waals surface area contributed by atoms with Gasteiger partial charge in [0.2, 0.25) is 11.8 Å². The number of carbonyl (C=O) groups is 2. The van der Waals surface area contributed by atoms with Crippen LogP contribution in [0.15, 0.2) is 22.7 Å². The molecule has 2 fully saturated rings. The number of aryl methyl sites for hydroxylation is 1. The summed E-state index contributed by atoms with van der Waals surface area (Å²) >= 11 is 0. The third-order valence-corrected chi connectivity index (χ3v) is 6.24. The second kappa shape index (κ2) is 6.48. The van der Waals surface area contributed by atoms with Crippen molar-refractivity contribution < 1.29 is 18.8 Å². The summed E-state index contributed by atoms with van der Waals surface area (Å²) in [5.41, 5.74) is 0.136. The minimum Gasteiger partial charge on any atom is -0.360 e. The summed E-state index contributed by atoms with van der Waals surface area (Å²) in [6, 6.07) is 2.01. The van der Waals surface area contributed by atoms with E-state index >= 15 is 0 Å². The van der Waals surface area contributed by atoms with Crippen LogP contribution in [0.1, 0.15) is 38.1 Å². The molecule has 0 radical (unpaired) electrons. The number of fused-ring (bicyclic) bond motifs is 1. The first-order chi connectivity index (χ1) is 12.9. The molecule has 4 heterocycles. The third kappa shape index (κ3) is 2.71. The van der Waals surface area contributed by atoms with Gasteiger partial charge in [0.15, 0.2) is 5.76 Å². The van der Waals surface area contributed by atoms with Crippen LogP contribution in [-0.2, 0) is 20.9 Å². The quantitative estimate of drug-likeness (QED) is 0.712. The average Bonchev–Trinajstić information content (AvgIpc) is 3.38. The molecule has 1 spiro atoms. The highest BCUT2D eigenvalue weighted by atomic mass is 16.5. The molecule has 0 N–H and O–H groups in total. The Bertz CT molecular complexity index is 784. The van der Waals surface area contributed by atoms with Crippen molar-refractivity contribution in [1.82, 2.24) is 15.0 Å². The molecule has 1 aromatic heterocycles. The lowest BCUT2D eigenvalue weighted by Gasteiger charge is -2.29. The Balaban J connectivity index is 1.56. The van der Waals surface area contributed by atoms with Crippen molar-refractivity contribution in [3.05, 3.63) is 29.7 Å². The van der Waals surface area contributed by atoms with Gasteiger partial charge in [-0.2, -0.15) is 0 Å². The first-order valence-electron chi connectivity index (χ1n) is 9.75. The Morgan fingerprint density at radius 3 is 2.81 bits per heavy atom. The fraction of sp³-hybridized carbons (Fsp3) is 0.650. The topological polar surface area (TPSA) is 75.9 Å². The van der Waals surface area contributed by atoms with E-state index in [4.69, 9.17) is 9.26 Å². The van der Waals surface area contributed by atoms with Crippen LogP contribution in [0.4, 0.5) is 0 Å². The number of rotatable bonds is 6. The van der Waals surface area contributed by atoms with Gasteiger partial charge in [-0.3, -0.25) is 9.59 Å². The number of ether oxygens (including phenoxy) is 1. The molecule has 4 rings (SSSR count). The Hall–Kier alpha value is -2.15. The fourth-order valence-electron chi connectivity index (χ4n) is 4.91. The van der Waals surface area contributed by atoms with E-state index in [9.17, 15) is 9.59 Å². The molecule has 0 aromatic carbocycles. The molecule has 0 aliphatic carbocycles. The third-order valence-electron chi connectivity index (χ3n) is 6.24. The van der Waals surface area contributed by atoms with E-state index in [0.29, 0.717) is 18.8 Å². The number of likely N-dealkylation sites (tertiary alicyclic amines) is 1. The lowest BCUT2D eigenvalue weighted by molar-refractivity contribution is -0.143. The molecule has 3 aliphatic rings. The van der Waals surface area contributed by atoms with E-state index in [1.807, 2.05) is 30.0 Å². The maximum Gasteiger partial charge on any atom is 0.230 e. The summed E-state index contributed by atoms with van der Waals surface area (Å²) in [4.78, 5) is 30.0. The number of nitrogens with zero attached hydrogens (tertiary/aromatic N) is 3. The molecule has 4 atom stereocenters. The molecular formula is C20H27N3O4. The molecule has 0 saturated carbocycles. The summed E-state index contributed by atoms with van der Waals surface area (Å²) in [6.45, 7) is 6.91. The summed E-state index contributed by atoms with van der Waals surface area (Å²) in [5.74, 6) is -0.299. The Morgan fingerprint density at radius 1 is 1.44 bits per heavy atom. The van der Waals surface area contributed by atoms with Gasteiger partial charge in [0.1, 0.15) is 5.60 Å². The smallest absolute Gasteiger partial charge is 0.230 e. The molecular weight excluding hydrogens is 346 g/mol. The molecule has 3 aliphatic heterocycles. The number of aromatic nitrogens is 1. The molecule has 1 aromatic rings. The normalized spacial score (nSPS) is 31.2. The predicted octanol–water partition coefficient (Wildman–Crippen LogP) is 1.91. The van der Waals surface area contributed by atoms with Crippen LogP contribution in [0, 0.1) is 18.8 Å². The van der Waals surface area contributed by atoms with Gasteiger partial charge in [-0.05, 0) is 19.8 Å². The number of carbonyl (C=O) groups excluding carboxylic acids is 2. The van der Waals surface area contributed by atoms with Gasteiger partial charge in [0, 0.05) is 19.2 Å². The van der Waals surface area contributed by atoms with Crippen LogP contribution < -0.4 is 0 Å². The SMILES string of the molecule is CCC(CC)N1C[C@]23C=C[C@H](O2)[C@@H](C(=O)N(C)Cc2cc(C)no2)[C@H]3C1=O. The summed E-state index contributed by atoms with van der Waals surface area (Å²) < 4.78 is 11.4. The summed E-state index contributed by atoms with van der Waals surface area (Å²) in [7, 11) is 1.74. The van der Waals surface area contributed by atoms with Gasteiger partial charge < -0.3 is 19.1 Å². The van der Waals surface area contributed by atoms with E-state index in [-0.39, 0.29) is 24.0 Å². The predicted molar refractivity (Wildman–Crippen MR) is 97.5 cm³/mol. The lowest BCUT2D eigenvalue weighted by atomic mass is 9.76. The van der Waals surface area contributed by atoms with Gasteiger partial charge in [0.25, 0.3) is 0 Å². The van der Waals surface area contributed by atoms with Crippen LogP contribution in [0.25, 0.3) is 0 Å². The molecule has 2 bridgehead atoms. The highest BCUT2D eigenvalue weighted by molar-refractivity contribution is 5.93. The van der Waals surface area contributed by atoms with Gasteiger partial charge in [0.05, 0.1) is 36.7 Å². The van der Waals surface area contributed by atoms with Crippen LogP contribution in [0.3, 0.4) is 0 Å². The van der Waals surface area contributed by atoms with E-state index < -0.39 is 17.4 Å². The first kappa shape index (κ1) is 18.2. The minimum atomic E-state index is -0.645. The molecule has 7 nitrogen and oxygen atoms in total. The minimum absolute atomic E-state index is 0.0535. The van der Waals surface area contributed by atoms with Gasteiger partial charge in [-0.25, -0.2) is 0 Å². The zero-order valence-electron chi connectivity index (χ0n) is 16.3. The molecule has 7 heteroatoms. The monoisotopic (exact) mass is 373 g/mol. The molecule has 27 heavy (non-hydrogen) atoms. The average molecular weight is 373 g/mol. The number of hydrogen-bond acceptors (Lipinski definition) is 5. The number of hydrogen-bond donors (Lipinski definition) is 0. The number of amides is 2. The Morgan fingerprint density at radius 2 is 2.19 bits per heavy atom. The second-order valence-corrected chi connectivity index (χ2v) is 7.97. The van der Waals surface area contributed by atoms with Crippen molar-refractivity contribution in [2.24, 2.45) is 11.8 Å². The fourth-order valence-corrected chi connectivity index (χ4v) is 4.91. The zero-order chi connectivity index (χ0) is 19.3. The summed E-state index contributed by atoms with van der Waals surface area (Å²) in [6.07, 6.45) is 5.44. The first-order valence-corrected chi connectivity index (χ1v) is 9.75. The lowest BCUT2D eigenvalue weighted by Crippen LogP contribution is -2.45. The van der Waals surface area contributed by atoms with E-state index in [1.54, 1.807) is 11.9 Å².